The van der Waals surface area contributed by atoms with E-state index in [0.29, 0.717) is 0 Å². The van der Waals surface area contributed by atoms with Crippen molar-refractivity contribution in [3.63, 3.8) is 0 Å². The van der Waals surface area contributed by atoms with Crippen LogP contribution in [0.1, 0.15) is 40.4 Å². The second-order valence-corrected chi connectivity index (χ2v) is 6.10. The van der Waals surface area contributed by atoms with Crippen LogP contribution >= 0.6 is 11.3 Å². The first kappa shape index (κ1) is 12.6. The molecule has 0 saturated carbocycles. The van der Waals surface area contributed by atoms with Crippen molar-refractivity contribution in [1.82, 2.24) is 5.32 Å². The van der Waals surface area contributed by atoms with Crippen molar-refractivity contribution in [2.75, 3.05) is 6.61 Å². The van der Waals surface area contributed by atoms with E-state index in [1.54, 1.807) is 18.3 Å². The zero-order valence-corrected chi connectivity index (χ0v) is 11.1. The number of aryl methyl sites for hydroxylation is 1. The third-order valence-corrected chi connectivity index (χ3v) is 4.44. The Hall–Kier alpha value is -0.870. The third-order valence-electron chi connectivity index (χ3n) is 3.20. The topological polar surface area (TPSA) is 49.3 Å². The minimum Gasteiger partial charge on any atom is -0.394 e. The van der Waals surface area contributed by atoms with Crippen LogP contribution < -0.4 is 5.32 Å². The molecule has 0 radical (unpaired) electrons. The van der Waals surface area contributed by atoms with Crippen LogP contribution in [-0.2, 0) is 12.8 Å². The number of hydrogen-bond acceptors (Lipinski definition) is 3. The zero-order valence-electron chi connectivity index (χ0n) is 10.3. The Kier molecular flexibility index (Phi) is 3.84. The molecule has 4 heteroatoms. The van der Waals surface area contributed by atoms with Crippen LogP contribution in [0.3, 0.4) is 0 Å². The molecule has 17 heavy (non-hydrogen) atoms. The predicted octanol–water partition coefficient (Wildman–Crippen LogP) is 1.98. The molecule has 0 fully saturated rings. The van der Waals surface area contributed by atoms with E-state index >= 15 is 0 Å². The molecule has 1 heterocycles. The van der Waals surface area contributed by atoms with E-state index in [-0.39, 0.29) is 18.6 Å². The van der Waals surface area contributed by atoms with Gasteiger partial charge in [0, 0.05) is 10.9 Å². The van der Waals surface area contributed by atoms with Crippen molar-refractivity contribution in [2.24, 2.45) is 5.92 Å². The molecule has 1 aromatic rings. The smallest absolute Gasteiger partial charge is 0.261 e. The van der Waals surface area contributed by atoms with Crippen LogP contribution in [-0.4, -0.2) is 23.7 Å². The lowest BCUT2D eigenvalue weighted by atomic mass is 9.90. The quantitative estimate of drug-likeness (QED) is 0.865. The number of carbonyl (C=O) groups is 1. The summed E-state index contributed by atoms with van der Waals surface area (Å²) >= 11 is 1.60. The van der Waals surface area contributed by atoms with E-state index in [2.05, 4.69) is 12.2 Å². The van der Waals surface area contributed by atoms with Crippen molar-refractivity contribution >= 4 is 17.2 Å². The van der Waals surface area contributed by atoms with Crippen molar-refractivity contribution in [2.45, 2.75) is 39.2 Å². The second kappa shape index (κ2) is 5.19. The summed E-state index contributed by atoms with van der Waals surface area (Å²) in [5.41, 5.74) is 1.34. The average molecular weight is 253 g/mol. The number of nitrogens with one attached hydrogen (secondary N) is 1. The summed E-state index contributed by atoms with van der Waals surface area (Å²) in [6.07, 6.45) is 3.42. The number of fused-ring (bicyclic) bond motifs is 1. The molecule has 0 aromatic carbocycles. The fourth-order valence-electron chi connectivity index (χ4n) is 2.16. The predicted molar refractivity (Wildman–Crippen MR) is 69.5 cm³/mol. The zero-order chi connectivity index (χ0) is 12.4. The highest BCUT2D eigenvalue weighted by atomic mass is 32.1. The summed E-state index contributed by atoms with van der Waals surface area (Å²) in [5.74, 6) is 0.669. The molecule has 2 atom stereocenters. The fourth-order valence-corrected chi connectivity index (χ4v) is 3.27. The second-order valence-electron chi connectivity index (χ2n) is 4.96. The molecule has 1 amide bonds. The van der Waals surface area contributed by atoms with Gasteiger partial charge in [0.15, 0.2) is 0 Å². The van der Waals surface area contributed by atoms with E-state index < -0.39 is 0 Å². The molecule has 3 nitrogen and oxygen atoms in total. The molecule has 0 aliphatic heterocycles. The molecule has 2 unspecified atom stereocenters. The standard InChI is InChI=1S/C13H19NO2S/c1-8-3-4-11-10(5-8)6-12(17-11)13(16)14-9(2)7-15/h6,8-9,15H,3-5,7H2,1-2H3,(H,14,16). The molecule has 1 aliphatic rings. The SMILES string of the molecule is CC1CCc2sc(C(=O)NC(C)CO)cc2C1. The fraction of sp³-hybridized carbons (Fsp3) is 0.615. The third kappa shape index (κ3) is 2.87. The van der Waals surface area contributed by atoms with Crippen LogP contribution in [0.4, 0.5) is 0 Å². The first-order valence-corrected chi connectivity index (χ1v) is 6.95. The molecule has 2 N–H and O–H groups in total. The number of carbonyl (C=O) groups excluding carboxylic acids is 1. The van der Waals surface area contributed by atoms with Crippen LogP contribution in [0.15, 0.2) is 6.07 Å². The number of hydrogen-bond donors (Lipinski definition) is 2. The number of rotatable bonds is 3. The van der Waals surface area contributed by atoms with E-state index in [1.165, 1.54) is 16.9 Å². The molecule has 1 aromatic heterocycles. The maximum atomic E-state index is 11.9. The number of amides is 1. The van der Waals surface area contributed by atoms with E-state index in [4.69, 9.17) is 5.11 Å². The largest absolute Gasteiger partial charge is 0.394 e. The van der Waals surface area contributed by atoms with Gasteiger partial charge in [0.05, 0.1) is 11.5 Å². The van der Waals surface area contributed by atoms with Gasteiger partial charge in [0.2, 0.25) is 0 Å². The first-order valence-electron chi connectivity index (χ1n) is 6.13. The maximum absolute atomic E-state index is 11.9. The van der Waals surface area contributed by atoms with Crippen LogP contribution in [0.2, 0.25) is 0 Å². The first-order chi connectivity index (χ1) is 8.10. The normalized spacial score (nSPS) is 20.8. The van der Waals surface area contributed by atoms with Gasteiger partial charge in [-0.1, -0.05) is 6.92 Å². The van der Waals surface area contributed by atoms with Gasteiger partial charge in [-0.2, -0.15) is 0 Å². The van der Waals surface area contributed by atoms with Crippen molar-refractivity contribution in [3.8, 4) is 0 Å². The van der Waals surface area contributed by atoms with Gasteiger partial charge >= 0.3 is 0 Å². The monoisotopic (exact) mass is 253 g/mol. The Morgan fingerprint density at radius 2 is 2.47 bits per heavy atom. The molecule has 2 rings (SSSR count). The van der Waals surface area contributed by atoms with E-state index in [0.717, 1.165) is 23.6 Å². The highest BCUT2D eigenvalue weighted by Crippen LogP contribution is 2.32. The van der Waals surface area contributed by atoms with Crippen molar-refractivity contribution < 1.29 is 9.90 Å². The molecular weight excluding hydrogens is 234 g/mol. The Morgan fingerprint density at radius 1 is 1.71 bits per heavy atom. The lowest BCUT2D eigenvalue weighted by Crippen LogP contribution is -2.34. The molecular formula is C13H19NO2S. The lowest BCUT2D eigenvalue weighted by molar-refractivity contribution is 0.0926. The van der Waals surface area contributed by atoms with Gasteiger partial charge in [-0.15, -0.1) is 11.3 Å². The summed E-state index contributed by atoms with van der Waals surface area (Å²) in [4.78, 5) is 14.0. The molecule has 0 spiro atoms. The number of aliphatic hydroxyl groups excluding tert-OH is 1. The van der Waals surface area contributed by atoms with E-state index in [9.17, 15) is 4.79 Å². The maximum Gasteiger partial charge on any atom is 0.261 e. The molecule has 1 aliphatic carbocycles. The van der Waals surface area contributed by atoms with Crippen LogP contribution in [0.25, 0.3) is 0 Å². The van der Waals surface area contributed by atoms with Gasteiger partial charge < -0.3 is 10.4 Å². The minimum atomic E-state index is -0.180. The summed E-state index contributed by atoms with van der Waals surface area (Å²) in [5, 5.41) is 11.7. The van der Waals surface area contributed by atoms with Gasteiger partial charge in [0.25, 0.3) is 5.91 Å². The Labute approximate surface area is 106 Å². The van der Waals surface area contributed by atoms with Gasteiger partial charge in [-0.05, 0) is 43.7 Å². The molecule has 0 bridgehead atoms. The Morgan fingerprint density at radius 3 is 3.18 bits per heavy atom. The van der Waals surface area contributed by atoms with Crippen LogP contribution in [0.5, 0.6) is 0 Å². The average Bonchev–Trinajstić information content (AvgIpc) is 2.71. The highest BCUT2D eigenvalue weighted by Gasteiger charge is 2.21. The Bertz CT molecular complexity index is 414. The van der Waals surface area contributed by atoms with Crippen LogP contribution in [0, 0.1) is 5.92 Å². The van der Waals surface area contributed by atoms with Gasteiger partial charge in [0.1, 0.15) is 0 Å². The van der Waals surface area contributed by atoms with Gasteiger partial charge in [-0.25, -0.2) is 0 Å². The molecule has 0 saturated heterocycles. The molecule has 94 valence electrons. The number of aliphatic hydroxyl groups is 1. The Balaban J connectivity index is 2.10. The summed E-state index contributed by atoms with van der Waals surface area (Å²) in [7, 11) is 0. The van der Waals surface area contributed by atoms with Crippen molar-refractivity contribution in [3.05, 3.63) is 21.4 Å². The van der Waals surface area contributed by atoms with Crippen molar-refractivity contribution in [1.29, 1.82) is 0 Å². The van der Waals surface area contributed by atoms with Gasteiger partial charge in [-0.3, -0.25) is 4.79 Å². The van der Waals surface area contributed by atoms with E-state index in [1.807, 2.05) is 6.07 Å². The lowest BCUT2D eigenvalue weighted by Gasteiger charge is -2.16. The summed E-state index contributed by atoms with van der Waals surface area (Å²) in [6.45, 7) is 4.04. The minimum absolute atomic E-state index is 0.0200. The summed E-state index contributed by atoms with van der Waals surface area (Å²) < 4.78 is 0. The number of thiophene rings is 1. The summed E-state index contributed by atoms with van der Waals surface area (Å²) in [6, 6.07) is 1.84. The highest BCUT2D eigenvalue weighted by molar-refractivity contribution is 7.14.